The number of amides is 1. The first-order chi connectivity index (χ1) is 17.1. The molecule has 0 spiro atoms. The van der Waals surface area contributed by atoms with E-state index in [1.54, 1.807) is 19.2 Å². The maximum Gasteiger partial charge on any atom is 0.339 e. The second-order valence-corrected chi connectivity index (χ2v) is 9.15. The van der Waals surface area contributed by atoms with Crippen molar-refractivity contribution in [1.82, 2.24) is 9.80 Å². The smallest absolute Gasteiger partial charge is 0.339 e. The first-order valence-corrected chi connectivity index (χ1v) is 12.1. The predicted octanol–water partition coefficient (Wildman–Crippen LogP) is 4.50. The van der Waals surface area contributed by atoms with E-state index < -0.39 is 0 Å². The van der Waals surface area contributed by atoms with Crippen molar-refractivity contribution in [3.8, 4) is 5.75 Å². The first kappa shape index (κ1) is 23.1. The highest BCUT2D eigenvalue weighted by Gasteiger charge is 2.29. The lowest BCUT2D eigenvalue weighted by Gasteiger charge is -2.26. The number of hydrogen-bond acceptors (Lipinski definition) is 5. The SMILES string of the molecule is COc1ccc(CN2CCCN(C(=O)c3ccc4c(c3)C[C@@H](c3ccccc3)OC4=O)CC2)cc1. The minimum Gasteiger partial charge on any atom is -0.497 e. The number of benzene rings is 3. The number of cyclic esters (lactones) is 1. The van der Waals surface area contributed by atoms with Gasteiger partial charge in [0.05, 0.1) is 12.7 Å². The molecule has 6 heteroatoms. The molecule has 0 radical (unpaired) electrons. The molecule has 1 atom stereocenters. The molecule has 3 aromatic rings. The van der Waals surface area contributed by atoms with E-state index in [9.17, 15) is 9.59 Å². The van der Waals surface area contributed by atoms with Gasteiger partial charge in [-0.15, -0.1) is 0 Å². The highest BCUT2D eigenvalue weighted by Crippen LogP contribution is 2.31. The second kappa shape index (κ2) is 10.3. The Morgan fingerprint density at radius 1 is 0.971 bits per heavy atom. The molecular formula is C29H30N2O4. The molecule has 0 bridgehead atoms. The van der Waals surface area contributed by atoms with E-state index >= 15 is 0 Å². The summed E-state index contributed by atoms with van der Waals surface area (Å²) in [6.45, 7) is 4.04. The van der Waals surface area contributed by atoms with E-state index in [1.807, 2.05) is 53.4 Å². The molecule has 0 unspecified atom stereocenters. The average Bonchev–Trinajstić information content (AvgIpc) is 3.14. The van der Waals surface area contributed by atoms with Crippen molar-refractivity contribution in [3.05, 3.63) is 101 Å². The summed E-state index contributed by atoms with van der Waals surface area (Å²) in [5.41, 5.74) is 4.26. The van der Waals surface area contributed by atoms with E-state index in [2.05, 4.69) is 17.0 Å². The zero-order valence-electron chi connectivity index (χ0n) is 20.0. The van der Waals surface area contributed by atoms with Gasteiger partial charge in [-0.25, -0.2) is 4.79 Å². The highest BCUT2D eigenvalue weighted by atomic mass is 16.5. The quantitative estimate of drug-likeness (QED) is 0.514. The summed E-state index contributed by atoms with van der Waals surface area (Å²) in [4.78, 5) is 30.3. The summed E-state index contributed by atoms with van der Waals surface area (Å²) in [6, 6.07) is 23.3. The van der Waals surface area contributed by atoms with Gasteiger partial charge in [0.15, 0.2) is 0 Å². The molecule has 0 N–H and O–H groups in total. The van der Waals surface area contributed by atoms with Gasteiger partial charge in [0.25, 0.3) is 5.91 Å². The number of esters is 1. The van der Waals surface area contributed by atoms with Crippen LogP contribution >= 0.6 is 0 Å². The normalized spacial score (nSPS) is 18.4. The third-order valence-electron chi connectivity index (χ3n) is 6.84. The monoisotopic (exact) mass is 470 g/mol. The Kier molecular flexibility index (Phi) is 6.82. The molecule has 0 saturated carbocycles. The Balaban J connectivity index is 1.25. The van der Waals surface area contributed by atoms with Crippen molar-refractivity contribution in [2.75, 3.05) is 33.3 Å². The van der Waals surface area contributed by atoms with Gasteiger partial charge < -0.3 is 14.4 Å². The van der Waals surface area contributed by atoms with E-state index in [-0.39, 0.29) is 18.0 Å². The van der Waals surface area contributed by atoms with Crippen LogP contribution in [0.15, 0.2) is 72.8 Å². The van der Waals surface area contributed by atoms with Crippen LogP contribution in [0.2, 0.25) is 0 Å². The van der Waals surface area contributed by atoms with Gasteiger partial charge in [0.1, 0.15) is 11.9 Å². The molecule has 180 valence electrons. The molecular weight excluding hydrogens is 440 g/mol. The second-order valence-electron chi connectivity index (χ2n) is 9.15. The van der Waals surface area contributed by atoms with Crippen LogP contribution in [-0.4, -0.2) is 55.0 Å². The van der Waals surface area contributed by atoms with Crippen molar-refractivity contribution < 1.29 is 19.1 Å². The van der Waals surface area contributed by atoms with Gasteiger partial charge in [-0.05, 0) is 53.4 Å². The number of hydrogen-bond donors (Lipinski definition) is 0. The molecule has 2 aliphatic rings. The maximum absolute atomic E-state index is 13.4. The Morgan fingerprint density at radius 2 is 1.77 bits per heavy atom. The molecule has 2 heterocycles. The lowest BCUT2D eigenvalue weighted by atomic mass is 9.93. The zero-order chi connectivity index (χ0) is 24.2. The van der Waals surface area contributed by atoms with Gasteiger partial charge in [0, 0.05) is 44.7 Å². The number of rotatable bonds is 5. The summed E-state index contributed by atoms with van der Waals surface area (Å²) in [5.74, 6) is 0.548. The number of nitrogens with zero attached hydrogens (tertiary/aromatic N) is 2. The number of carbonyl (C=O) groups excluding carboxylic acids is 2. The lowest BCUT2D eigenvalue weighted by molar-refractivity contribution is 0.0252. The van der Waals surface area contributed by atoms with Crippen molar-refractivity contribution in [2.45, 2.75) is 25.5 Å². The van der Waals surface area contributed by atoms with Crippen LogP contribution in [0.3, 0.4) is 0 Å². The van der Waals surface area contributed by atoms with Crippen molar-refractivity contribution in [2.24, 2.45) is 0 Å². The van der Waals surface area contributed by atoms with Gasteiger partial charge in [0.2, 0.25) is 0 Å². The van der Waals surface area contributed by atoms with Crippen molar-refractivity contribution in [1.29, 1.82) is 0 Å². The first-order valence-electron chi connectivity index (χ1n) is 12.1. The summed E-state index contributed by atoms with van der Waals surface area (Å²) < 4.78 is 10.9. The molecule has 3 aromatic carbocycles. The Bertz CT molecular complexity index is 1190. The van der Waals surface area contributed by atoms with E-state index in [0.29, 0.717) is 24.1 Å². The fourth-order valence-corrected chi connectivity index (χ4v) is 4.89. The standard InChI is InChI=1S/C29H30N2O4/c1-34-25-11-8-21(9-12-25)20-30-14-5-15-31(17-16-30)28(32)23-10-13-26-24(18-23)19-27(35-29(26)33)22-6-3-2-4-7-22/h2-4,6-13,18,27H,5,14-17,19-20H2,1H3/t27-/m0/s1. The summed E-state index contributed by atoms with van der Waals surface area (Å²) in [6.07, 6.45) is 1.17. The van der Waals surface area contributed by atoms with Crippen LogP contribution in [0.5, 0.6) is 5.75 Å². The topological polar surface area (TPSA) is 59.1 Å². The largest absolute Gasteiger partial charge is 0.497 e. The Morgan fingerprint density at radius 3 is 2.54 bits per heavy atom. The molecule has 5 rings (SSSR count). The molecule has 2 aliphatic heterocycles. The number of fused-ring (bicyclic) bond motifs is 1. The highest BCUT2D eigenvalue weighted by molar-refractivity contribution is 5.97. The molecule has 1 fully saturated rings. The molecule has 1 amide bonds. The van der Waals surface area contributed by atoms with Crippen LogP contribution < -0.4 is 4.74 Å². The van der Waals surface area contributed by atoms with Gasteiger partial charge in [-0.3, -0.25) is 9.69 Å². The van der Waals surface area contributed by atoms with Crippen LogP contribution in [-0.2, 0) is 17.7 Å². The van der Waals surface area contributed by atoms with Crippen molar-refractivity contribution >= 4 is 11.9 Å². The summed E-state index contributed by atoms with van der Waals surface area (Å²) in [7, 11) is 1.67. The number of ether oxygens (including phenoxy) is 2. The summed E-state index contributed by atoms with van der Waals surface area (Å²) >= 11 is 0. The van der Waals surface area contributed by atoms with Gasteiger partial charge in [-0.1, -0.05) is 42.5 Å². The van der Waals surface area contributed by atoms with Gasteiger partial charge in [-0.2, -0.15) is 0 Å². The Hall–Kier alpha value is -3.64. The molecule has 35 heavy (non-hydrogen) atoms. The Labute approximate surface area is 206 Å². The zero-order valence-corrected chi connectivity index (χ0v) is 20.0. The maximum atomic E-state index is 13.4. The van der Waals surface area contributed by atoms with E-state index in [1.165, 1.54) is 5.56 Å². The number of methoxy groups -OCH3 is 1. The third-order valence-corrected chi connectivity index (χ3v) is 6.84. The fraction of sp³-hybridized carbons (Fsp3) is 0.310. The molecule has 1 saturated heterocycles. The lowest BCUT2D eigenvalue weighted by Crippen LogP contribution is -2.35. The van der Waals surface area contributed by atoms with Crippen LogP contribution in [0.1, 0.15) is 49.9 Å². The minimum absolute atomic E-state index is 0.0225. The minimum atomic E-state index is -0.331. The van der Waals surface area contributed by atoms with Gasteiger partial charge >= 0.3 is 5.97 Å². The van der Waals surface area contributed by atoms with E-state index in [4.69, 9.17) is 9.47 Å². The van der Waals surface area contributed by atoms with Crippen molar-refractivity contribution in [3.63, 3.8) is 0 Å². The average molecular weight is 471 g/mol. The predicted molar refractivity (Wildman–Crippen MR) is 134 cm³/mol. The molecule has 0 aliphatic carbocycles. The van der Waals surface area contributed by atoms with Crippen LogP contribution in [0, 0.1) is 0 Å². The summed E-state index contributed by atoms with van der Waals surface area (Å²) in [5, 5.41) is 0. The molecule has 0 aromatic heterocycles. The fourth-order valence-electron chi connectivity index (χ4n) is 4.89. The van der Waals surface area contributed by atoms with E-state index in [0.717, 1.165) is 49.5 Å². The third kappa shape index (κ3) is 5.23. The van der Waals surface area contributed by atoms with Crippen LogP contribution in [0.4, 0.5) is 0 Å². The van der Waals surface area contributed by atoms with Crippen LogP contribution in [0.25, 0.3) is 0 Å². The number of carbonyl (C=O) groups is 2. The molecule has 6 nitrogen and oxygen atoms in total.